The Hall–Kier alpha value is -2.58. The van der Waals surface area contributed by atoms with Gasteiger partial charge in [0.25, 0.3) is 0 Å². The summed E-state index contributed by atoms with van der Waals surface area (Å²) in [7, 11) is 3.93. The van der Waals surface area contributed by atoms with Gasteiger partial charge in [-0.05, 0) is 13.0 Å². The number of phenolic OH excluding ortho intramolecular Hbond substituents is 1. The number of ether oxygens (including phenoxy) is 4. The zero-order valence-corrected chi connectivity index (χ0v) is 14.2. The maximum absolute atomic E-state index is 13.1. The second-order valence-electron chi connectivity index (χ2n) is 5.66. The summed E-state index contributed by atoms with van der Waals surface area (Å²) in [4.78, 5) is 25.2. The van der Waals surface area contributed by atoms with Crippen molar-refractivity contribution in [1.29, 1.82) is 0 Å². The minimum absolute atomic E-state index is 0.000556. The Bertz CT molecular complexity index is 898. The predicted octanol–water partition coefficient (Wildman–Crippen LogP) is 1.90. The number of esters is 1. The standard InChI is InChI=1S/C17H18O8/c1-7-5-9-12(17(23-4)24-7)14(19)11-8(16(20)22-3)6-10(21-2)13(18)15(11)25-9/h6-7,17-18H,5H2,1-4H3/t7-,17+/m0/s1. The van der Waals surface area contributed by atoms with E-state index in [4.69, 9.17) is 23.4 Å². The Morgan fingerprint density at radius 2 is 2.04 bits per heavy atom. The van der Waals surface area contributed by atoms with Crippen molar-refractivity contribution in [2.75, 3.05) is 21.3 Å². The van der Waals surface area contributed by atoms with Crippen LogP contribution in [0.15, 0.2) is 15.3 Å². The van der Waals surface area contributed by atoms with Crippen LogP contribution in [0.4, 0.5) is 0 Å². The van der Waals surface area contributed by atoms with Gasteiger partial charge in [0.2, 0.25) is 11.2 Å². The van der Waals surface area contributed by atoms with Crippen LogP contribution < -0.4 is 10.2 Å². The lowest BCUT2D eigenvalue weighted by molar-refractivity contribution is -0.166. The Labute approximate surface area is 142 Å². The van der Waals surface area contributed by atoms with E-state index in [1.54, 1.807) is 0 Å². The Morgan fingerprint density at radius 3 is 2.64 bits per heavy atom. The van der Waals surface area contributed by atoms with Crippen molar-refractivity contribution in [3.05, 3.63) is 33.2 Å². The largest absolute Gasteiger partial charge is 0.502 e. The number of phenols is 1. The highest BCUT2D eigenvalue weighted by Gasteiger charge is 2.33. The average Bonchev–Trinajstić information content (AvgIpc) is 2.61. The molecule has 2 atom stereocenters. The third kappa shape index (κ3) is 2.63. The van der Waals surface area contributed by atoms with Crippen LogP contribution in [-0.2, 0) is 20.6 Å². The van der Waals surface area contributed by atoms with E-state index in [0.29, 0.717) is 12.2 Å². The van der Waals surface area contributed by atoms with Gasteiger partial charge in [-0.1, -0.05) is 0 Å². The van der Waals surface area contributed by atoms with Crippen LogP contribution in [0.2, 0.25) is 0 Å². The fraction of sp³-hybridized carbons (Fsp3) is 0.412. The second kappa shape index (κ2) is 6.38. The fourth-order valence-electron chi connectivity index (χ4n) is 2.97. The topological polar surface area (TPSA) is 104 Å². The first-order valence-corrected chi connectivity index (χ1v) is 7.59. The van der Waals surface area contributed by atoms with Gasteiger partial charge in [0.15, 0.2) is 17.6 Å². The SMILES string of the molecule is COC(=O)c1cc(OC)c(O)c2oc3c(c(=O)c12)[C@H](OC)O[C@@H](C)C3. The molecule has 1 aromatic carbocycles. The molecule has 0 saturated carbocycles. The van der Waals surface area contributed by atoms with E-state index in [0.717, 1.165) is 0 Å². The summed E-state index contributed by atoms with van der Waals surface area (Å²) in [6, 6.07) is 1.24. The number of methoxy groups -OCH3 is 3. The van der Waals surface area contributed by atoms with Crippen molar-refractivity contribution in [2.24, 2.45) is 0 Å². The van der Waals surface area contributed by atoms with Crippen LogP contribution in [0, 0.1) is 0 Å². The Morgan fingerprint density at radius 1 is 1.32 bits per heavy atom. The minimum atomic E-state index is -0.922. The van der Waals surface area contributed by atoms with Crippen molar-refractivity contribution in [1.82, 2.24) is 0 Å². The third-order valence-corrected chi connectivity index (χ3v) is 4.12. The number of hydrogen-bond donors (Lipinski definition) is 1. The zero-order chi connectivity index (χ0) is 18.3. The minimum Gasteiger partial charge on any atom is -0.502 e. The lowest BCUT2D eigenvalue weighted by Crippen LogP contribution is -2.30. The molecule has 0 saturated heterocycles. The molecular weight excluding hydrogens is 332 g/mol. The number of carbonyl (C=O) groups is 1. The van der Waals surface area contributed by atoms with Crippen molar-refractivity contribution >= 4 is 16.9 Å². The molecule has 3 rings (SSSR count). The molecule has 8 nitrogen and oxygen atoms in total. The molecule has 8 heteroatoms. The Kier molecular flexibility index (Phi) is 4.40. The van der Waals surface area contributed by atoms with Gasteiger partial charge >= 0.3 is 5.97 Å². The molecule has 2 heterocycles. The van der Waals surface area contributed by atoms with Gasteiger partial charge in [-0.15, -0.1) is 0 Å². The van der Waals surface area contributed by atoms with E-state index in [2.05, 4.69) is 0 Å². The van der Waals surface area contributed by atoms with E-state index in [1.807, 2.05) is 6.92 Å². The number of fused-ring (bicyclic) bond motifs is 2. The van der Waals surface area contributed by atoms with Crippen LogP contribution in [-0.4, -0.2) is 38.5 Å². The highest BCUT2D eigenvalue weighted by Crippen LogP contribution is 2.39. The molecular formula is C17H18O8. The van der Waals surface area contributed by atoms with E-state index < -0.39 is 17.7 Å². The van der Waals surface area contributed by atoms with Crippen LogP contribution in [0.25, 0.3) is 11.0 Å². The van der Waals surface area contributed by atoms with Crippen molar-refractivity contribution in [2.45, 2.75) is 25.7 Å². The monoisotopic (exact) mass is 350 g/mol. The summed E-state index contributed by atoms with van der Waals surface area (Å²) in [5.41, 5.74) is -0.555. The quantitative estimate of drug-likeness (QED) is 0.837. The van der Waals surface area contributed by atoms with E-state index in [1.165, 1.54) is 27.4 Å². The first-order valence-electron chi connectivity index (χ1n) is 7.59. The van der Waals surface area contributed by atoms with Crippen LogP contribution in [0.1, 0.15) is 34.9 Å². The van der Waals surface area contributed by atoms with Gasteiger partial charge in [-0.25, -0.2) is 4.79 Å². The third-order valence-electron chi connectivity index (χ3n) is 4.12. The van der Waals surface area contributed by atoms with Crippen LogP contribution in [0.3, 0.4) is 0 Å². The summed E-state index contributed by atoms with van der Waals surface area (Å²) < 4.78 is 26.4. The predicted molar refractivity (Wildman–Crippen MR) is 86.0 cm³/mol. The fourth-order valence-corrected chi connectivity index (χ4v) is 2.97. The van der Waals surface area contributed by atoms with Crippen LogP contribution in [0.5, 0.6) is 11.5 Å². The van der Waals surface area contributed by atoms with E-state index in [9.17, 15) is 14.7 Å². The summed E-state index contributed by atoms with van der Waals surface area (Å²) in [6.45, 7) is 1.81. The first kappa shape index (κ1) is 17.2. The van der Waals surface area contributed by atoms with Gasteiger partial charge in [0, 0.05) is 13.5 Å². The molecule has 0 radical (unpaired) electrons. The normalized spacial score (nSPS) is 19.5. The summed E-state index contributed by atoms with van der Waals surface area (Å²) >= 11 is 0. The number of carbonyl (C=O) groups excluding carboxylic acids is 1. The molecule has 0 aliphatic carbocycles. The molecule has 0 spiro atoms. The Balaban J connectivity index is 2.45. The molecule has 0 bridgehead atoms. The highest BCUT2D eigenvalue weighted by atomic mass is 16.7. The lowest BCUT2D eigenvalue weighted by Gasteiger charge is -2.28. The maximum atomic E-state index is 13.1. The smallest absolute Gasteiger partial charge is 0.338 e. The number of benzene rings is 1. The van der Waals surface area contributed by atoms with Crippen molar-refractivity contribution in [3.8, 4) is 11.5 Å². The molecule has 0 unspecified atom stereocenters. The molecule has 0 amide bonds. The highest BCUT2D eigenvalue weighted by molar-refractivity contribution is 6.05. The number of hydrogen-bond acceptors (Lipinski definition) is 8. The summed E-state index contributed by atoms with van der Waals surface area (Å²) in [6.07, 6.45) is -0.843. The average molecular weight is 350 g/mol. The molecule has 1 N–H and O–H groups in total. The van der Waals surface area contributed by atoms with Crippen molar-refractivity contribution in [3.63, 3.8) is 0 Å². The zero-order valence-electron chi connectivity index (χ0n) is 14.2. The molecule has 0 fully saturated rings. The van der Waals surface area contributed by atoms with E-state index in [-0.39, 0.29) is 39.7 Å². The second-order valence-corrected chi connectivity index (χ2v) is 5.66. The van der Waals surface area contributed by atoms with Gasteiger partial charge in [-0.3, -0.25) is 4.79 Å². The summed E-state index contributed by atoms with van der Waals surface area (Å²) in [5, 5.41) is 10.3. The van der Waals surface area contributed by atoms with Gasteiger partial charge in [0.05, 0.1) is 36.8 Å². The molecule has 1 aromatic heterocycles. The molecule has 2 aromatic rings. The van der Waals surface area contributed by atoms with Gasteiger partial charge in [-0.2, -0.15) is 0 Å². The summed E-state index contributed by atoms with van der Waals surface area (Å²) in [5.74, 6) is -0.783. The van der Waals surface area contributed by atoms with Crippen LogP contribution >= 0.6 is 0 Å². The molecule has 1 aliphatic rings. The molecule has 1 aliphatic heterocycles. The first-order chi connectivity index (χ1) is 11.9. The molecule has 134 valence electrons. The number of rotatable bonds is 3. The lowest BCUT2D eigenvalue weighted by atomic mass is 10.00. The van der Waals surface area contributed by atoms with Crippen molar-refractivity contribution < 1.29 is 33.3 Å². The van der Waals surface area contributed by atoms with E-state index >= 15 is 0 Å². The van der Waals surface area contributed by atoms with Gasteiger partial charge in [0.1, 0.15) is 5.76 Å². The van der Waals surface area contributed by atoms with Gasteiger partial charge < -0.3 is 28.5 Å². The number of aromatic hydroxyl groups is 1. The molecule has 25 heavy (non-hydrogen) atoms. The maximum Gasteiger partial charge on any atom is 0.338 e.